The van der Waals surface area contributed by atoms with Crippen molar-refractivity contribution in [3.8, 4) is 0 Å². The molecule has 5 heteroatoms. The van der Waals surface area contributed by atoms with Crippen molar-refractivity contribution in [1.29, 1.82) is 0 Å². The second-order valence-corrected chi connectivity index (χ2v) is 5.07. The number of alkyl halides is 1. The van der Waals surface area contributed by atoms with Crippen LogP contribution < -0.4 is 0 Å². The van der Waals surface area contributed by atoms with Crippen molar-refractivity contribution >= 4 is 33.4 Å². The van der Waals surface area contributed by atoms with Crippen molar-refractivity contribution in [2.75, 3.05) is 18.9 Å². The first-order chi connectivity index (χ1) is 8.15. The maximum atomic E-state index is 11.9. The lowest BCUT2D eigenvalue weighted by Gasteiger charge is -2.16. The highest BCUT2D eigenvalue weighted by Crippen LogP contribution is 2.08. The highest BCUT2D eigenvalue weighted by atomic mass is 79.9. The molecule has 0 atom stereocenters. The topological polar surface area (TPSA) is 33.2 Å². The van der Waals surface area contributed by atoms with Crippen LogP contribution in [0.4, 0.5) is 0 Å². The lowest BCUT2D eigenvalue weighted by Crippen LogP contribution is -2.28. The zero-order valence-corrected chi connectivity index (χ0v) is 12.2. The minimum absolute atomic E-state index is 0.0551. The van der Waals surface area contributed by atoms with Gasteiger partial charge in [0.1, 0.15) is 5.69 Å². The number of unbranched alkanes of at least 4 members (excludes halogenated alkanes) is 2. The Morgan fingerprint density at radius 1 is 1.41 bits per heavy atom. The van der Waals surface area contributed by atoms with Gasteiger partial charge in [0.05, 0.1) is 5.02 Å². The molecule has 1 aromatic heterocycles. The molecule has 0 spiro atoms. The fourth-order valence-corrected chi connectivity index (χ4v) is 1.93. The van der Waals surface area contributed by atoms with E-state index >= 15 is 0 Å². The molecule has 0 N–H and O–H groups in total. The van der Waals surface area contributed by atoms with Gasteiger partial charge < -0.3 is 4.90 Å². The fraction of sp³-hybridized carbons (Fsp3) is 0.500. The highest BCUT2D eigenvalue weighted by Gasteiger charge is 2.12. The maximum absolute atomic E-state index is 11.9. The monoisotopic (exact) mass is 318 g/mol. The van der Waals surface area contributed by atoms with Gasteiger partial charge in [-0.1, -0.05) is 34.0 Å². The summed E-state index contributed by atoms with van der Waals surface area (Å²) in [4.78, 5) is 17.6. The number of amides is 1. The van der Waals surface area contributed by atoms with E-state index in [9.17, 15) is 4.79 Å². The molecule has 0 aromatic carbocycles. The van der Waals surface area contributed by atoms with Gasteiger partial charge in [-0.3, -0.25) is 4.79 Å². The molecule has 1 rings (SSSR count). The molecule has 0 unspecified atom stereocenters. The third-order valence-electron chi connectivity index (χ3n) is 2.42. The van der Waals surface area contributed by atoms with Crippen molar-refractivity contribution < 1.29 is 4.79 Å². The number of carbonyl (C=O) groups is 1. The summed E-state index contributed by atoms with van der Waals surface area (Å²) in [7, 11) is 1.80. The lowest BCUT2D eigenvalue weighted by molar-refractivity contribution is 0.0787. The van der Waals surface area contributed by atoms with Crippen molar-refractivity contribution in [3.05, 3.63) is 29.0 Å². The average molecular weight is 320 g/mol. The average Bonchev–Trinajstić information content (AvgIpc) is 2.34. The first kappa shape index (κ1) is 14.5. The molecule has 0 fully saturated rings. The van der Waals surface area contributed by atoms with E-state index in [1.54, 1.807) is 24.1 Å². The molecule has 0 radical (unpaired) electrons. The number of hydrogen-bond acceptors (Lipinski definition) is 2. The van der Waals surface area contributed by atoms with Gasteiger partial charge in [0, 0.05) is 25.1 Å². The van der Waals surface area contributed by atoms with Crippen LogP contribution in [0.25, 0.3) is 0 Å². The Morgan fingerprint density at radius 3 is 2.76 bits per heavy atom. The Morgan fingerprint density at radius 2 is 2.18 bits per heavy atom. The van der Waals surface area contributed by atoms with Gasteiger partial charge in [0.25, 0.3) is 5.91 Å². The van der Waals surface area contributed by atoms with Gasteiger partial charge in [-0.15, -0.1) is 0 Å². The third-order valence-corrected chi connectivity index (χ3v) is 3.20. The van der Waals surface area contributed by atoms with Crippen LogP contribution in [0.5, 0.6) is 0 Å². The molecule has 0 aliphatic rings. The minimum Gasteiger partial charge on any atom is -0.340 e. The zero-order valence-electron chi connectivity index (χ0n) is 9.83. The largest absolute Gasteiger partial charge is 0.340 e. The normalized spacial score (nSPS) is 10.3. The smallest absolute Gasteiger partial charge is 0.272 e. The first-order valence-electron chi connectivity index (χ1n) is 5.58. The molecule has 0 saturated heterocycles. The van der Waals surface area contributed by atoms with Crippen molar-refractivity contribution in [2.24, 2.45) is 0 Å². The summed E-state index contributed by atoms with van der Waals surface area (Å²) >= 11 is 9.11. The summed E-state index contributed by atoms with van der Waals surface area (Å²) in [5, 5.41) is 1.56. The third kappa shape index (κ3) is 5.04. The Kier molecular flexibility index (Phi) is 6.52. The number of hydrogen-bond donors (Lipinski definition) is 0. The maximum Gasteiger partial charge on any atom is 0.272 e. The van der Waals surface area contributed by atoms with Crippen LogP contribution >= 0.6 is 27.5 Å². The predicted octanol–water partition coefficient (Wildman–Crippen LogP) is 3.37. The van der Waals surface area contributed by atoms with Crippen LogP contribution in [-0.4, -0.2) is 34.7 Å². The molecule has 0 bridgehead atoms. The van der Waals surface area contributed by atoms with E-state index in [2.05, 4.69) is 20.9 Å². The standard InChI is InChI=1S/C12H16BrClN2O/c1-16(8-4-2-3-7-13)12(17)11-6-5-10(14)9-15-11/h5-6,9H,2-4,7-8H2,1H3. The van der Waals surface area contributed by atoms with Gasteiger partial charge in [-0.25, -0.2) is 4.98 Å². The quantitative estimate of drug-likeness (QED) is 0.595. The van der Waals surface area contributed by atoms with Gasteiger partial charge in [0.15, 0.2) is 0 Å². The number of pyridine rings is 1. The molecule has 0 aliphatic heterocycles. The second-order valence-electron chi connectivity index (χ2n) is 3.84. The molecule has 1 heterocycles. The van der Waals surface area contributed by atoms with E-state index in [-0.39, 0.29) is 5.91 Å². The van der Waals surface area contributed by atoms with Gasteiger partial charge in [-0.05, 0) is 25.0 Å². The van der Waals surface area contributed by atoms with Crippen LogP contribution in [0.1, 0.15) is 29.8 Å². The van der Waals surface area contributed by atoms with Gasteiger partial charge in [0.2, 0.25) is 0 Å². The summed E-state index contributed by atoms with van der Waals surface area (Å²) in [6, 6.07) is 3.33. The van der Waals surface area contributed by atoms with Crippen LogP contribution in [0.2, 0.25) is 5.02 Å². The Balaban J connectivity index is 2.43. The number of aromatic nitrogens is 1. The van der Waals surface area contributed by atoms with E-state index in [0.29, 0.717) is 10.7 Å². The Labute approximate surface area is 115 Å². The van der Waals surface area contributed by atoms with E-state index in [1.165, 1.54) is 6.20 Å². The van der Waals surface area contributed by atoms with Crippen molar-refractivity contribution in [2.45, 2.75) is 19.3 Å². The summed E-state index contributed by atoms with van der Waals surface area (Å²) < 4.78 is 0. The first-order valence-corrected chi connectivity index (χ1v) is 7.08. The van der Waals surface area contributed by atoms with Gasteiger partial charge in [-0.2, -0.15) is 0 Å². The number of rotatable bonds is 6. The Bertz CT molecular complexity index is 356. The molecular weight excluding hydrogens is 304 g/mol. The van der Waals surface area contributed by atoms with E-state index in [0.717, 1.165) is 31.1 Å². The molecule has 17 heavy (non-hydrogen) atoms. The molecular formula is C12H16BrClN2O. The van der Waals surface area contributed by atoms with E-state index in [4.69, 9.17) is 11.6 Å². The minimum atomic E-state index is -0.0551. The highest BCUT2D eigenvalue weighted by molar-refractivity contribution is 9.09. The summed E-state index contributed by atoms with van der Waals surface area (Å²) in [6.45, 7) is 0.760. The summed E-state index contributed by atoms with van der Waals surface area (Å²) in [5.74, 6) is -0.0551. The molecule has 94 valence electrons. The second kappa shape index (κ2) is 7.67. The van der Waals surface area contributed by atoms with Crippen molar-refractivity contribution in [1.82, 2.24) is 9.88 Å². The molecule has 0 aliphatic carbocycles. The molecule has 0 saturated carbocycles. The molecule has 1 aromatic rings. The predicted molar refractivity (Wildman–Crippen MR) is 73.9 cm³/mol. The van der Waals surface area contributed by atoms with Crippen molar-refractivity contribution in [3.63, 3.8) is 0 Å². The number of halogens is 2. The van der Waals surface area contributed by atoms with Crippen LogP contribution in [-0.2, 0) is 0 Å². The van der Waals surface area contributed by atoms with Gasteiger partial charge >= 0.3 is 0 Å². The number of nitrogens with zero attached hydrogens (tertiary/aromatic N) is 2. The molecule has 1 amide bonds. The van der Waals surface area contributed by atoms with Crippen LogP contribution in [0, 0.1) is 0 Å². The summed E-state index contributed by atoms with van der Waals surface area (Å²) in [6.07, 6.45) is 4.77. The van der Waals surface area contributed by atoms with Crippen LogP contribution in [0.3, 0.4) is 0 Å². The van der Waals surface area contributed by atoms with Crippen LogP contribution in [0.15, 0.2) is 18.3 Å². The Hall–Kier alpha value is -0.610. The van der Waals surface area contributed by atoms with E-state index < -0.39 is 0 Å². The SMILES string of the molecule is CN(CCCCCBr)C(=O)c1ccc(Cl)cn1. The van der Waals surface area contributed by atoms with E-state index in [1.807, 2.05) is 0 Å². The number of carbonyl (C=O) groups excluding carboxylic acids is 1. The lowest BCUT2D eigenvalue weighted by atomic mass is 10.2. The zero-order chi connectivity index (χ0) is 12.7. The summed E-state index contributed by atoms with van der Waals surface area (Å²) in [5.41, 5.74) is 0.442. The fourth-order valence-electron chi connectivity index (χ4n) is 1.42. The molecule has 3 nitrogen and oxygen atoms in total.